The summed E-state index contributed by atoms with van der Waals surface area (Å²) >= 11 is 12.2. The first-order valence-corrected chi connectivity index (χ1v) is 11.3. The number of rotatable bonds is 6. The number of pyridine rings is 1. The van der Waals surface area contributed by atoms with Crippen LogP contribution in [-0.2, 0) is 27.1 Å². The summed E-state index contributed by atoms with van der Waals surface area (Å²) in [5.41, 5.74) is 1.14. The molecule has 28 heavy (non-hydrogen) atoms. The summed E-state index contributed by atoms with van der Waals surface area (Å²) < 4.78 is 27.1. The van der Waals surface area contributed by atoms with Crippen LogP contribution in [0.4, 0.5) is 0 Å². The maximum Gasteiger partial charge on any atom is 0.224 e. The summed E-state index contributed by atoms with van der Waals surface area (Å²) in [7, 11) is -3.64. The first-order chi connectivity index (χ1) is 13.4. The van der Waals surface area contributed by atoms with E-state index in [2.05, 4.69) is 10.3 Å². The number of aromatic nitrogens is 1. The predicted molar refractivity (Wildman–Crippen MR) is 109 cm³/mol. The Kier molecular flexibility index (Phi) is 6.93. The molecule has 1 fully saturated rings. The number of sulfonamides is 1. The lowest BCUT2D eigenvalue weighted by molar-refractivity contribution is -0.126. The van der Waals surface area contributed by atoms with Gasteiger partial charge in [-0.3, -0.25) is 9.78 Å². The molecule has 1 aliphatic heterocycles. The van der Waals surface area contributed by atoms with E-state index in [9.17, 15) is 13.2 Å². The largest absolute Gasteiger partial charge is 0.350 e. The van der Waals surface area contributed by atoms with E-state index in [1.54, 1.807) is 30.5 Å². The van der Waals surface area contributed by atoms with Gasteiger partial charge < -0.3 is 5.32 Å². The molecular formula is C19H21Cl2N3O3S. The van der Waals surface area contributed by atoms with Crippen molar-refractivity contribution in [3.63, 3.8) is 0 Å². The van der Waals surface area contributed by atoms with Crippen LogP contribution in [0.25, 0.3) is 0 Å². The number of hydrogen-bond acceptors (Lipinski definition) is 4. The normalized spacial score (nSPS) is 18.0. The number of benzene rings is 1. The number of hydrogen-bond donors (Lipinski definition) is 1. The Morgan fingerprint density at radius 3 is 2.61 bits per heavy atom. The summed E-state index contributed by atoms with van der Waals surface area (Å²) in [6.45, 7) is 0.852. The average Bonchev–Trinajstić information content (AvgIpc) is 2.70. The first-order valence-electron chi connectivity index (χ1n) is 8.95. The van der Waals surface area contributed by atoms with E-state index in [1.165, 1.54) is 4.31 Å². The van der Waals surface area contributed by atoms with Crippen LogP contribution in [0.1, 0.15) is 24.1 Å². The average molecular weight is 442 g/mol. The molecule has 0 bridgehead atoms. The summed E-state index contributed by atoms with van der Waals surface area (Å²) in [6, 6.07) is 10.4. The minimum atomic E-state index is -3.64. The molecule has 1 aromatic heterocycles. The zero-order valence-corrected chi connectivity index (χ0v) is 17.5. The van der Waals surface area contributed by atoms with Gasteiger partial charge in [0, 0.05) is 34.9 Å². The molecule has 2 heterocycles. The van der Waals surface area contributed by atoms with Crippen LogP contribution in [0.3, 0.4) is 0 Å². The molecule has 1 atom stereocenters. The van der Waals surface area contributed by atoms with Gasteiger partial charge in [-0.05, 0) is 37.1 Å². The van der Waals surface area contributed by atoms with Crippen molar-refractivity contribution in [2.24, 2.45) is 5.92 Å². The van der Waals surface area contributed by atoms with Gasteiger partial charge in [0.2, 0.25) is 15.9 Å². The fraction of sp³-hybridized carbons (Fsp3) is 0.368. The van der Waals surface area contributed by atoms with E-state index in [0.29, 0.717) is 41.5 Å². The predicted octanol–water partition coefficient (Wildman–Crippen LogP) is 3.25. The highest BCUT2D eigenvalue weighted by molar-refractivity contribution is 7.88. The van der Waals surface area contributed by atoms with Gasteiger partial charge in [0.25, 0.3) is 0 Å². The summed E-state index contributed by atoms with van der Waals surface area (Å²) in [4.78, 5) is 16.7. The van der Waals surface area contributed by atoms with Crippen molar-refractivity contribution in [3.8, 4) is 0 Å². The minimum Gasteiger partial charge on any atom is -0.350 e. The van der Waals surface area contributed by atoms with Crippen LogP contribution in [0.5, 0.6) is 0 Å². The topological polar surface area (TPSA) is 79.4 Å². The lowest BCUT2D eigenvalue weighted by atomic mass is 9.99. The lowest BCUT2D eigenvalue weighted by Crippen LogP contribution is -2.45. The molecule has 3 rings (SSSR count). The van der Waals surface area contributed by atoms with Crippen molar-refractivity contribution in [2.45, 2.75) is 25.1 Å². The molecule has 1 aromatic carbocycles. The number of carbonyl (C=O) groups is 1. The molecular weight excluding hydrogens is 421 g/mol. The Labute approximate surface area is 174 Å². The fourth-order valence-corrected chi connectivity index (χ4v) is 5.54. The second-order valence-corrected chi connectivity index (χ2v) is 9.48. The van der Waals surface area contributed by atoms with Gasteiger partial charge in [-0.2, -0.15) is 0 Å². The maximum absolute atomic E-state index is 12.9. The van der Waals surface area contributed by atoms with Gasteiger partial charge in [0.1, 0.15) is 0 Å². The zero-order valence-electron chi connectivity index (χ0n) is 15.1. The third-order valence-electron chi connectivity index (χ3n) is 4.71. The summed E-state index contributed by atoms with van der Waals surface area (Å²) in [5, 5.41) is 3.48. The minimum absolute atomic E-state index is 0.151. The molecule has 1 saturated heterocycles. The van der Waals surface area contributed by atoms with E-state index in [1.807, 2.05) is 12.1 Å². The Bertz CT molecular complexity index is 918. The van der Waals surface area contributed by atoms with E-state index >= 15 is 0 Å². The van der Waals surface area contributed by atoms with E-state index in [-0.39, 0.29) is 18.2 Å². The molecule has 6 nitrogen and oxygen atoms in total. The Balaban J connectivity index is 1.64. The van der Waals surface area contributed by atoms with Crippen molar-refractivity contribution in [3.05, 3.63) is 63.9 Å². The van der Waals surface area contributed by atoms with Crippen LogP contribution in [0.2, 0.25) is 10.0 Å². The van der Waals surface area contributed by atoms with Crippen molar-refractivity contribution >= 4 is 39.1 Å². The molecule has 0 unspecified atom stereocenters. The summed E-state index contributed by atoms with van der Waals surface area (Å²) in [5.74, 6) is -0.844. The number of nitrogens with one attached hydrogen (secondary N) is 1. The first kappa shape index (κ1) is 21.0. The van der Waals surface area contributed by atoms with Gasteiger partial charge in [-0.1, -0.05) is 35.3 Å². The molecule has 1 amide bonds. The highest BCUT2D eigenvalue weighted by atomic mass is 35.5. The number of amides is 1. The lowest BCUT2D eigenvalue weighted by Gasteiger charge is -2.31. The molecule has 0 spiro atoms. The van der Waals surface area contributed by atoms with Crippen LogP contribution >= 0.6 is 23.2 Å². The molecule has 1 aliphatic rings. The highest BCUT2D eigenvalue weighted by Gasteiger charge is 2.33. The number of piperidine rings is 1. The smallest absolute Gasteiger partial charge is 0.224 e. The van der Waals surface area contributed by atoms with Crippen LogP contribution in [0.15, 0.2) is 42.6 Å². The number of nitrogens with zero attached hydrogens (tertiary/aromatic N) is 2. The van der Waals surface area contributed by atoms with Gasteiger partial charge in [0.15, 0.2) is 0 Å². The van der Waals surface area contributed by atoms with Crippen molar-refractivity contribution in [1.82, 2.24) is 14.6 Å². The third-order valence-corrected chi connectivity index (χ3v) is 7.19. The van der Waals surface area contributed by atoms with Crippen molar-refractivity contribution in [2.75, 3.05) is 13.1 Å². The summed E-state index contributed by atoms with van der Waals surface area (Å²) in [6.07, 6.45) is 2.93. The molecule has 0 radical (unpaired) electrons. The van der Waals surface area contributed by atoms with Gasteiger partial charge in [-0.15, -0.1) is 0 Å². The molecule has 150 valence electrons. The Morgan fingerprint density at radius 1 is 1.18 bits per heavy atom. The molecule has 9 heteroatoms. The van der Waals surface area contributed by atoms with Gasteiger partial charge in [0.05, 0.1) is 23.9 Å². The Morgan fingerprint density at radius 2 is 1.93 bits per heavy atom. The van der Waals surface area contributed by atoms with Crippen LogP contribution < -0.4 is 5.32 Å². The van der Waals surface area contributed by atoms with Crippen molar-refractivity contribution < 1.29 is 13.2 Å². The fourth-order valence-electron chi connectivity index (χ4n) is 3.18. The third kappa shape index (κ3) is 5.23. The van der Waals surface area contributed by atoms with Gasteiger partial charge in [-0.25, -0.2) is 12.7 Å². The molecule has 1 N–H and O–H groups in total. The van der Waals surface area contributed by atoms with Gasteiger partial charge >= 0.3 is 0 Å². The maximum atomic E-state index is 12.9. The van der Waals surface area contributed by atoms with Crippen LogP contribution in [0, 0.1) is 5.92 Å². The van der Waals surface area contributed by atoms with E-state index in [4.69, 9.17) is 23.2 Å². The van der Waals surface area contributed by atoms with Crippen LogP contribution in [-0.4, -0.2) is 36.7 Å². The highest BCUT2D eigenvalue weighted by Crippen LogP contribution is 2.29. The quantitative estimate of drug-likeness (QED) is 0.745. The molecule has 0 saturated carbocycles. The molecule has 0 aliphatic carbocycles. The van der Waals surface area contributed by atoms with E-state index in [0.717, 1.165) is 5.69 Å². The standard InChI is InChI=1S/C19H21Cl2N3O3S/c20-17-7-3-8-18(21)16(17)13-28(26,27)24-10-4-5-14(12-24)19(25)23-11-15-6-1-2-9-22-15/h1-3,6-9,14H,4-5,10-13H2,(H,23,25)/t14-/m1/s1. The van der Waals surface area contributed by atoms with E-state index < -0.39 is 15.9 Å². The monoisotopic (exact) mass is 441 g/mol. The zero-order chi connectivity index (χ0) is 20.1. The number of carbonyl (C=O) groups excluding carboxylic acids is 1. The SMILES string of the molecule is O=C(NCc1ccccn1)[C@@H]1CCCN(S(=O)(=O)Cc2c(Cl)cccc2Cl)C1. The Hall–Kier alpha value is -1.67. The second-order valence-electron chi connectivity index (χ2n) is 6.69. The second kappa shape index (κ2) is 9.22. The van der Waals surface area contributed by atoms with Crippen molar-refractivity contribution in [1.29, 1.82) is 0 Å². The number of halogens is 2. The molecule has 2 aromatic rings.